The van der Waals surface area contributed by atoms with Crippen LogP contribution in [0, 0.1) is 5.92 Å². The molecule has 5 nitrogen and oxygen atoms in total. The summed E-state index contributed by atoms with van der Waals surface area (Å²) in [7, 11) is 0. The molecule has 0 heterocycles. The molecule has 0 aliphatic carbocycles. The van der Waals surface area contributed by atoms with Gasteiger partial charge in [0.05, 0.1) is 6.54 Å². The van der Waals surface area contributed by atoms with E-state index in [1.165, 1.54) is 19.8 Å². The molecule has 1 atom stereocenters. The van der Waals surface area contributed by atoms with Gasteiger partial charge in [0.1, 0.15) is 0 Å². The number of rotatable bonds is 8. The Hall–Kier alpha value is -0.530. The molecule has 4 N–H and O–H groups in total. The van der Waals surface area contributed by atoms with E-state index in [1.807, 2.05) is 0 Å². The first kappa shape index (κ1) is 20.8. The monoisotopic (exact) mass is 384 g/mol. The smallest absolute Gasteiger partial charge is 0.216 e. The SMILES string of the molecule is CC(=O)NCCN=C(N)NC(C)CCCC(C)C.I. The van der Waals surface area contributed by atoms with Gasteiger partial charge in [-0.3, -0.25) is 9.79 Å². The lowest BCUT2D eigenvalue weighted by molar-refractivity contribution is -0.118. The molecule has 0 rings (SSSR count). The lowest BCUT2D eigenvalue weighted by Gasteiger charge is -2.15. The van der Waals surface area contributed by atoms with Gasteiger partial charge >= 0.3 is 0 Å². The molecule has 0 bridgehead atoms. The fraction of sp³-hybridized carbons (Fsp3) is 0.846. The second kappa shape index (κ2) is 12.5. The number of hydrogen-bond acceptors (Lipinski definition) is 2. The molecule has 1 unspecified atom stereocenters. The predicted octanol–water partition coefficient (Wildman–Crippen LogP) is 1.86. The number of guanidine groups is 1. The first-order valence-electron chi connectivity index (χ1n) is 6.72. The van der Waals surface area contributed by atoms with Crippen LogP contribution >= 0.6 is 24.0 Å². The highest BCUT2D eigenvalue weighted by Crippen LogP contribution is 2.07. The van der Waals surface area contributed by atoms with Crippen molar-refractivity contribution in [2.45, 2.75) is 53.0 Å². The molecule has 0 saturated heterocycles. The number of aliphatic imine (C=N–C) groups is 1. The number of amides is 1. The van der Waals surface area contributed by atoms with Crippen molar-refractivity contribution >= 4 is 35.8 Å². The summed E-state index contributed by atoms with van der Waals surface area (Å²) in [6.07, 6.45) is 3.54. The van der Waals surface area contributed by atoms with Crippen LogP contribution < -0.4 is 16.4 Å². The van der Waals surface area contributed by atoms with Crippen molar-refractivity contribution in [2.75, 3.05) is 13.1 Å². The fourth-order valence-corrected chi connectivity index (χ4v) is 1.61. The molecule has 0 spiro atoms. The molecular formula is C13H29IN4O. The Morgan fingerprint density at radius 1 is 1.26 bits per heavy atom. The Kier molecular flexibility index (Phi) is 13.7. The Bertz CT molecular complexity index is 269. The minimum Gasteiger partial charge on any atom is -0.370 e. The van der Waals surface area contributed by atoms with Crippen LogP contribution in [0.25, 0.3) is 0 Å². The number of halogens is 1. The largest absolute Gasteiger partial charge is 0.370 e. The summed E-state index contributed by atoms with van der Waals surface area (Å²) in [6, 6.07) is 0.341. The molecule has 0 saturated carbocycles. The van der Waals surface area contributed by atoms with Gasteiger partial charge in [0.25, 0.3) is 0 Å². The fourth-order valence-electron chi connectivity index (χ4n) is 1.61. The summed E-state index contributed by atoms with van der Waals surface area (Å²) in [4.78, 5) is 14.8. The van der Waals surface area contributed by atoms with E-state index in [0.29, 0.717) is 25.1 Å². The Labute approximate surface area is 134 Å². The summed E-state index contributed by atoms with van der Waals surface area (Å²) in [5, 5.41) is 5.83. The molecule has 0 radical (unpaired) electrons. The predicted molar refractivity (Wildman–Crippen MR) is 91.9 cm³/mol. The van der Waals surface area contributed by atoms with Gasteiger partial charge in [-0.1, -0.05) is 26.7 Å². The van der Waals surface area contributed by atoms with E-state index in [9.17, 15) is 4.79 Å². The average Bonchev–Trinajstić information content (AvgIpc) is 2.23. The van der Waals surface area contributed by atoms with Crippen LogP contribution in [0.15, 0.2) is 4.99 Å². The van der Waals surface area contributed by atoms with E-state index >= 15 is 0 Å². The van der Waals surface area contributed by atoms with E-state index < -0.39 is 0 Å². The second-order valence-corrected chi connectivity index (χ2v) is 5.12. The van der Waals surface area contributed by atoms with Crippen LogP contribution in [0.1, 0.15) is 47.0 Å². The third kappa shape index (κ3) is 15.4. The van der Waals surface area contributed by atoms with Crippen molar-refractivity contribution < 1.29 is 4.79 Å². The van der Waals surface area contributed by atoms with Crippen molar-refractivity contribution in [1.82, 2.24) is 10.6 Å². The Balaban J connectivity index is 0. The van der Waals surface area contributed by atoms with Crippen molar-refractivity contribution in [2.24, 2.45) is 16.6 Å². The molecule has 0 aliphatic rings. The number of nitrogens with zero attached hydrogens (tertiary/aromatic N) is 1. The highest BCUT2D eigenvalue weighted by atomic mass is 127. The number of nitrogens with two attached hydrogens (primary N) is 1. The number of hydrogen-bond donors (Lipinski definition) is 3. The van der Waals surface area contributed by atoms with Gasteiger partial charge in [0.2, 0.25) is 5.91 Å². The Morgan fingerprint density at radius 2 is 1.89 bits per heavy atom. The molecular weight excluding hydrogens is 355 g/mol. The number of carbonyl (C=O) groups excluding carboxylic acids is 1. The zero-order valence-corrected chi connectivity index (χ0v) is 14.9. The van der Waals surface area contributed by atoms with Crippen molar-refractivity contribution in [1.29, 1.82) is 0 Å². The lowest BCUT2D eigenvalue weighted by atomic mass is 10.0. The van der Waals surface area contributed by atoms with Gasteiger partial charge in [-0.25, -0.2) is 0 Å². The minimum absolute atomic E-state index is 0. The molecule has 0 fully saturated rings. The van der Waals surface area contributed by atoms with Gasteiger partial charge in [-0.05, 0) is 19.3 Å². The molecule has 0 aromatic rings. The van der Waals surface area contributed by atoms with Gasteiger partial charge in [0.15, 0.2) is 5.96 Å². The van der Waals surface area contributed by atoms with E-state index in [2.05, 4.69) is 36.4 Å². The number of nitrogens with one attached hydrogen (secondary N) is 2. The van der Waals surface area contributed by atoms with E-state index in [4.69, 9.17) is 5.73 Å². The van der Waals surface area contributed by atoms with Gasteiger partial charge in [-0.2, -0.15) is 0 Å². The van der Waals surface area contributed by atoms with Crippen molar-refractivity contribution in [3.05, 3.63) is 0 Å². The maximum atomic E-state index is 10.6. The topological polar surface area (TPSA) is 79.5 Å². The average molecular weight is 384 g/mol. The van der Waals surface area contributed by atoms with Gasteiger partial charge < -0.3 is 16.4 Å². The minimum atomic E-state index is -0.0428. The van der Waals surface area contributed by atoms with Gasteiger partial charge in [-0.15, -0.1) is 24.0 Å². The summed E-state index contributed by atoms with van der Waals surface area (Å²) in [6.45, 7) is 9.10. The molecule has 1 amide bonds. The first-order chi connectivity index (χ1) is 8.41. The Morgan fingerprint density at radius 3 is 2.42 bits per heavy atom. The summed E-state index contributed by atoms with van der Waals surface area (Å²) in [5.74, 6) is 1.16. The molecule has 19 heavy (non-hydrogen) atoms. The highest BCUT2D eigenvalue weighted by molar-refractivity contribution is 14.0. The van der Waals surface area contributed by atoms with E-state index in [1.54, 1.807) is 0 Å². The molecule has 0 aromatic heterocycles. The third-order valence-corrected chi connectivity index (χ3v) is 2.58. The number of carbonyl (C=O) groups is 1. The van der Waals surface area contributed by atoms with Crippen LogP contribution in [0.2, 0.25) is 0 Å². The van der Waals surface area contributed by atoms with E-state index in [0.717, 1.165) is 12.3 Å². The van der Waals surface area contributed by atoms with Crippen LogP contribution in [0.5, 0.6) is 0 Å². The molecule has 0 aromatic carbocycles. The van der Waals surface area contributed by atoms with E-state index in [-0.39, 0.29) is 29.9 Å². The maximum absolute atomic E-state index is 10.6. The molecule has 114 valence electrons. The van der Waals surface area contributed by atoms with Crippen LogP contribution in [-0.4, -0.2) is 31.0 Å². The zero-order chi connectivity index (χ0) is 14.0. The highest BCUT2D eigenvalue weighted by Gasteiger charge is 2.03. The van der Waals surface area contributed by atoms with Crippen molar-refractivity contribution in [3.8, 4) is 0 Å². The lowest BCUT2D eigenvalue weighted by Crippen LogP contribution is -2.39. The normalized spacial score (nSPS) is 12.8. The van der Waals surface area contributed by atoms with Crippen LogP contribution in [-0.2, 0) is 4.79 Å². The molecule has 6 heteroatoms. The first-order valence-corrected chi connectivity index (χ1v) is 6.72. The van der Waals surface area contributed by atoms with Crippen LogP contribution in [0.4, 0.5) is 0 Å². The zero-order valence-electron chi connectivity index (χ0n) is 12.5. The maximum Gasteiger partial charge on any atom is 0.216 e. The second-order valence-electron chi connectivity index (χ2n) is 5.12. The third-order valence-electron chi connectivity index (χ3n) is 2.58. The summed E-state index contributed by atoms with van der Waals surface area (Å²) < 4.78 is 0. The standard InChI is InChI=1S/C13H28N4O.HI/c1-10(2)6-5-7-11(3)17-13(14)16-9-8-15-12(4)18;/h10-11H,5-9H2,1-4H3,(H,15,18)(H3,14,16,17);1H. The summed E-state index contributed by atoms with van der Waals surface area (Å²) >= 11 is 0. The van der Waals surface area contributed by atoms with Gasteiger partial charge in [0, 0.05) is 19.5 Å². The molecule has 0 aliphatic heterocycles. The van der Waals surface area contributed by atoms with Crippen molar-refractivity contribution in [3.63, 3.8) is 0 Å². The summed E-state index contributed by atoms with van der Waals surface area (Å²) in [5.41, 5.74) is 5.75. The van der Waals surface area contributed by atoms with Crippen LogP contribution in [0.3, 0.4) is 0 Å². The quantitative estimate of drug-likeness (QED) is 0.259.